The number of carbonyl (C=O) groups is 3. The van der Waals surface area contributed by atoms with Crippen molar-refractivity contribution in [2.45, 2.75) is 13.5 Å². The third-order valence-corrected chi connectivity index (χ3v) is 6.83. The molecule has 0 saturated carbocycles. The molecule has 0 atom stereocenters. The Bertz CT molecular complexity index is 1860. The number of rotatable bonds is 8. The van der Waals surface area contributed by atoms with Gasteiger partial charge in [-0.3, -0.25) is 9.59 Å². The highest BCUT2D eigenvalue weighted by Crippen LogP contribution is 2.30. The minimum atomic E-state index is -1.76. The zero-order chi connectivity index (χ0) is 31.9. The number of urea groups is 1. The minimum Gasteiger partial charge on any atom is -0.348 e. The van der Waals surface area contributed by atoms with Crippen LogP contribution in [0.3, 0.4) is 0 Å². The van der Waals surface area contributed by atoms with Gasteiger partial charge < -0.3 is 21.3 Å². The first-order valence-corrected chi connectivity index (χ1v) is 13.8. The highest BCUT2D eigenvalue weighted by atomic mass is 19.2. The molecule has 0 heterocycles. The Kier molecular flexibility index (Phi) is 9.23. The lowest BCUT2D eigenvalue weighted by atomic mass is 9.97. The Balaban J connectivity index is 1.22. The third-order valence-electron chi connectivity index (χ3n) is 6.83. The molecular formula is C35H27F3N4O3. The van der Waals surface area contributed by atoms with Gasteiger partial charge in [-0.25, -0.2) is 18.0 Å². The monoisotopic (exact) mass is 608 g/mol. The van der Waals surface area contributed by atoms with Gasteiger partial charge in [0.05, 0.1) is 5.56 Å². The first-order valence-electron chi connectivity index (χ1n) is 13.8. The zero-order valence-electron chi connectivity index (χ0n) is 24.0. The quantitative estimate of drug-likeness (QED) is 0.135. The highest BCUT2D eigenvalue weighted by molar-refractivity contribution is 6.09. The van der Waals surface area contributed by atoms with Gasteiger partial charge in [-0.15, -0.1) is 0 Å². The van der Waals surface area contributed by atoms with Crippen molar-refractivity contribution < 1.29 is 27.6 Å². The Morgan fingerprint density at radius 2 is 1.27 bits per heavy atom. The number of anilines is 3. The van der Waals surface area contributed by atoms with Crippen LogP contribution in [0.4, 0.5) is 35.0 Å². The van der Waals surface area contributed by atoms with E-state index < -0.39 is 40.9 Å². The van der Waals surface area contributed by atoms with Crippen LogP contribution < -0.4 is 21.3 Å². The second-order valence-corrected chi connectivity index (χ2v) is 10.1. The predicted octanol–water partition coefficient (Wildman–Crippen LogP) is 7.91. The van der Waals surface area contributed by atoms with Crippen molar-refractivity contribution in [3.63, 3.8) is 0 Å². The fourth-order valence-electron chi connectivity index (χ4n) is 4.51. The molecule has 226 valence electrons. The second kappa shape index (κ2) is 13.6. The lowest BCUT2D eigenvalue weighted by Crippen LogP contribution is -2.23. The van der Waals surface area contributed by atoms with Gasteiger partial charge in [-0.2, -0.15) is 0 Å². The van der Waals surface area contributed by atoms with Gasteiger partial charge in [0.25, 0.3) is 11.8 Å². The van der Waals surface area contributed by atoms with Crippen LogP contribution in [0.25, 0.3) is 11.1 Å². The van der Waals surface area contributed by atoms with Crippen LogP contribution in [0.2, 0.25) is 0 Å². The SMILES string of the molecule is Cc1ccc(-c2cc(F)c(F)c(F)c2C(=O)Nc2cccc(C(=O)NCc3ccc(NC(=O)Nc4ccccc4)cc3)c2)cc1. The van der Waals surface area contributed by atoms with E-state index in [4.69, 9.17) is 0 Å². The molecule has 4 amide bonds. The van der Waals surface area contributed by atoms with Gasteiger partial charge in [0, 0.05) is 34.7 Å². The standard InChI is InChI=1S/C35H27F3N4O3/c1-21-10-14-23(15-11-21)28-19-29(36)31(37)32(38)30(28)34(44)40-27-9-5-6-24(18-27)33(43)39-20-22-12-16-26(17-13-22)42-35(45)41-25-7-3-2-4-8-25/h2-19H,20H2,1H3,(H,39,43)(H,40,44)(H2,41,42,45). The van der Waals surface area contributed by atoms with Gasteiger partial charge in [0.15, 0.2) is 17.5 Å². The average molecular weight is 609 g/mol. The van der Waals surface area contributed by atoms with Crippen LogP contribution in [0.15, 0.2) is 109 Å². The molecule has 0 fully saturated rings. The number of amides is 4. The molecule has 0 aromatic heterocycles. The molecule has 0 unspecified atom stereocenters. The number of aryl methyl sites for hydroxylation is 1. The van der Waals surface area contributed by atoms with E-state index in [2.05, 4.69) is 21.3 Å². The lowest BCUT2D eigenvalue weighted by molar-refractivity contribution is 0.0949. The lowest BCUT2D eigenvalue weighted by Gasteiger charge is -2.14. The summed E-state index contributed by atoms with van der Waals surface area (Å²) in [6, 6.07) is 28.8. The predicted molar refractivity (Wildman–Crippen MR) is 168 cm³/mol. The maximum absolute atomic E-state index is 14.9. The summed E-state index contributed by atoms with van der Waals surface area (Å²) >= 11 is 0. The van der Waals surface area contributed by atoms with Crippen LogP contribution in [-0.2, 0) is 6.54 Å². The van der Waals surface area contributed by atoms with E-state index in [1.807, 2.05) is 25.1 Å². The summed E-state index contributed by atoms with van der Waals surface area (Å²) in [5.41, 5.74) is 2.77. The van der Waals surface area contributed by atoms with E-state index in [0.29, 0.717) is 16.9 Å². The molecule has 10 heteroatoms. The van der Waals surface area contributed by atoms with Crippen LogP contribution in [0.5, 0.6) is 0 Å². The summed E-state index contributed by atoms with van der Waals surface area (Å²) in [4.78, 5) is 38.2. The molecule has 0 spiro atoms. The molecule has 0 aliphatic rings. The summed E-state index contributed by atoms with van der Waals surface area (Å²) in [6.45, 7) is 2.00. The van der Waals surface area contributed by atoms with E-state index in [1.54, 1.807) is 60.7 Å². The highest BCUT2D eigenvalue weighted by Gasteiger charge is 2.25. The maximum atomic E-state index is 14.9. The van der Waals surface area contributed by atoms with Gasteiger partial charge >= 0.3 is 6.03 Å². The van der Waals surface area contributed by atoms with Gasteiger partial charge in [0.2, 0.25) is 0 Å². The molecule has 0 aliphatic carbocycles. The molecule has 4 N–H and O–H groups in total. The summed E-state index contributed by atoms with van der Waals surface area (Å²) in [7, 11) is 0. The van der Waals surface area contributed by atoms with Crippen LogP contribution in [0.1, 0.15) is 31.8 Å². The molecule has 0 saturated heterocycles. The van der Waals surface area contributed by atoms with Gasteiger partial charge in [0.1, 0.15) is 0 Å². The van der Waals surface area contributed by atoms with E-state index in [1.165, 1.54) is 24.3 Å². The Morgan fingerprint density at radius 1 is 0.622 bits per heavy atom. The minimum absolute atomic E-state index is 0.115. The van der Waals surface area contributed by atoms with E-state index >= 15 is 0 Å². The zero-order valence-corrected chi connectivity index (χ0v) is 24.0. The summed E-state index contributed by atoms with van der Waals surface area (Å²) in [6.07, 6.45) is 0. The number of para-hydroxylation sites is 1. The second-order valence-electron chi connectivity index (χ2n) is 10.1. The van der Waals surface area contributed by atoms with Crippen LogP contribution >= 0.6 is 0 Å². The van der Waals surface area contributed by atoms with Crippen molar-refractivity contribution in [2.75, 3.05) is 16.0 Å². The smallest absolute Gasteiger partial charge is 0.323 e. The first-order chi connectivity index (χ1) is 21.7. The first kappa shape index (κ1) is 30.6. The molecule has 5 aromatic rings. The van der Waals surface area contributed by atoms with Crippen LogP contribution in [-0.4, -0.2) is 17.8 Å². The number of nitrogens with one attached hydrogen (secondary N) is 4. The fraction of sp³-hybridized carbons (Fsp3) is 0.0571. The topological polar surface area (TPSA) is 99.3 Å². The van der Waals surface area contributed by atoms with E-state index in [9.17, 15) is 27.6 Å². The largest absolute Gasteiger partial charge is 0.348 e. The van der Waals surface area contributed by atoms with Crippen molar-refractivity contribution in [3.8, 4) is 11.1 Å². The number of hydrogen-bond acceptors (Lipinski definition) is 3. The van der Waals surface area contributed by atoms with Crippen molar-refractivity contribution in [1.29, 1.82) is 0 Å². The summed E-state index contributed by atoms with van der Waals surface area (Å²) < 4.78 is 43.3. The van der Waals surface area contributed by atoms with Crippen molar-refractivity contribution in [3.05, 3.63) is 149 Å². The number of hydrogen-bond donors (Lipinski definition) is 4. The molecule has 5 rings (SSSR count). The van der Waals surface area contributed by atoms with Gasteiger partial charge in [-0.1, -0.05) is 66.2 Å². The summed E-state index contributed by atoms with van der Waals surface area (Å²) in [5.74, 6) is -6.25. The van der Waals surface area contributed by atoms with E-state index in [-0.39, 0.29) is 23.4 Å². The van der Waals surface area contributed by atoms with E-state index in [0.717, 1.165) is 17.2 Å². The van der Waals surface area contributed by atoms with Gasteiger partial charge in [-0.05, 0) is 66.6 Å². The van der Waals surface area contributed by atoms with Crippen LogP contribution in [0, 0.1) is 24.4 Å². The molecule has 7 nitrogen and oxygen atoms in total. The molecular weight excluding hydrogens is 581 g/mol. The third kappa shape index (κ3) is 7.55. The molecule has 0 radical (unpaired) electrons. The molecule has 0 aliphatic heterocycles. The molecule has 0 bridgehead atoms. The molecule has 45 heavy (non-hydrogen) atoms. The normalized spacial score (nSPS) is 10.6. The number of benzene rings is 5. The van der Waals surface area contributed by atoms with Crippen molar-refractivity contribution >= 4 is 34.9 Å². The van der Waals surface area contributed by atoms with Crippen molar-refractivity contribution in [2.24, 2.45) is 0 Å². The average Bonchev–Trinajstić information content (AvgIpc) is 3.04. The Labute approximate surface area is 257 Å². The Hall–Kier alpha value is -5.90. The summed E-state index contributed by atoms with van der Waals surface area (Å²) in [5, 5.41) is 10.7. The number of carbonyl (C=O) groups excluding carboxylic acids is 3. The Morgan fingerprint density at radius 3 is 1.96 bits per heavy atom. The molecule has 5 aromatic carbocycles. The maximum Gasteiger partial charge on any atom is 0.323 e. The number of halogens is 3. The van der Waals surface area contributed by atoms with Crippen molar-refractivity contribution in [1.82, 2.24) is 5.32 Å². The fourth-order valence-corrected chi connectivity index (χ4v) is 4.51.